The van der Waals surface area contributed by atoms with Crippen LogP contribution in [0, 0.1) is 13.8 Å². The Morgan fingerprint density at radius 1 is 1.38 bits per heavy atom. The molecule has 1 heterocycles. The molecule has 0 saturated heterocycles. The molecule has 1 N–H and O–H groups in total. The normalized spacial score (nSPS) is 13.2. The molecule has 1 rings (SSSR count). The average molecular weight is 183 g/mol. The van der Waals surface area contributed by atoms with Gasteiger partial charge in [0, 0.05) is 11.4 Å². The minimum atomic E-state index is 0.00199. The van der Waals surface area contributed by atoms with Crippen molar-refractivity contribution in [2.24, 2.45) is 0 Å². The summed E-state index contributed by atoms with van der Waals surface area (Å²) in [5.41, 5.74) is 2.37. The zero-order valence-electron chi connectivity index (χ0n) is 8.45. The molecule has 0 aliphatic heterocycles. The fraction of sp³-hybridized carbons (Fsp3) is 0.600. The maximum Gasteiger partial charge on any atom is 0.131 e. The monoisotopic (exact) mass is 183 g/mol. The van der Waals surface area contributed by atoms with Gasteiger partial charge in [0.15, 0.2) is 0 Å². The average Bonchev–Trinajstić information content (AvgIpc) is 2.42. The highest BCUT2D eigenvalue weighted by Crippen LogP contribution is 2.15. The minimum absolute atomic E-state index is 0.00199. The van der Waals surface area contributed by atoms with Gasteiger partial charge in [-0.3, -0.25) is 0 Å². The molecule has 3 nitrogen and oxygen atoms in total. The van der Waals surface area contributed by atoms with E-state index in [1.807, 2.05) is 20.8 Å². The van der Waals surface area contributed by atoms with E-state index in [1.165, 1.54) is 11.4 Å². The van der Waals surface area contributed by atoms with Gasteiger partial charge in [-0.2, -0.15) is 0 Å². The number of aliphatic hydroxyl groups excluding tert-OH is 1. The number of rotatable bonds is 4. The Hall–Kier alpha value is -0.800. The lowest BCUT2D eigenvalue weighted by atomic mass is 10.5. The van der Waals surface area contributed by atoms with E-state index in [0.717, 1.165) is 0 Å². The Morgan fingerprint density at radius 2 is 1.92 bits per heavy atom. The fourth-order valence-corrected chi connectivity index (χ4v) is 1.55. The molecule has 74 valence electrons. The van der Waals surface area contributed by atoms with E-state index in [9.17, 15) is 0 Å². The van der Waals surface area contributed by atoms with Crippen molar-refractivity contribution < 1.29 is 9.84 Å². The van der Waals surface area contributed by atoms with Crippen molar-refractivity contribution >= 4 is 0 Å². The predicted octanol–water partition coefficient (Wildman–Crippen LogP) is 1.63. The van der Waals surface area contributed by atoms with E-state index in [1.54, 1.807) is 0 Å². The van der Waals surface area contributed by atoms with Crippen molar-refractivity contribution in [1.82, 2.24) is 4.57 Å². The molecular weight excluding hydrogens is 166 g/mol. The van der Waals surface area contributed by atoms with Crippen LogP contribution in [0.2, 0.25) is 0 Å². The third kappa shape index (κ3) is 2.32. The molecule has 0 aromatic carbocycles. The maximum absolute atomic E-state index is 8.62. The molecule has 1 aromatic heterocycles. The summed E-state index contributed by atoms with van der Waals surface area (Å²) in [4.78, 5) is 0. The first kappa shape index (κ1) is 10.3. The van der Waals surface area contributed by atoms with E-state index in [0.29, 0.717) is 6.61 Å². The van der Waals surface area contributed by atoms with Gasteiger partial charge in [0.1, 0.15) is 6.23 Å². The van der Waals surface area contributed by atoms with Crippen molar-refractivity contribution in [2.75, 3.05) is 13.2 Å². The molecule has 0 saturated carbocycles. The van der Waals surface area contributed by atoms with Crippen LogP contribution in [0.5, 0.6) is 0 Å². The highest BCUT2D eigenvalue weighted by atomic mass is 16.5. The zero-order valence-corrected chi connectivity index (χ0v) is 8.45. The second kappa shape index (κ2) is 4.44. The quantitative estimate of drug-likeness (QED) is 0.770. The highest BCUT2D eigenvalue weighted by molar-refractivity contribution is 5.14. The molecule has 0 amide bonds. The second-order valence-corrected chi connectivity index (χ2v) is 3.18. The van der Waals surface area contributed by atoms with Crippen LogP contribution in [0.15, 0.2) is 12.1 Å². The van der Waals surface area contributed by atoms with Crippen LogP contribution in [-0.2, 0) is 4.74 Å². The molecule has 0 aliphatic carbocycles. The van der Waals surface area contributed by atoms with Crippen LogP contribution in [0.3, 0.4) is 0 Å². The van der Waals surface area contributed by atoms with Crippen molar-refractivity contribution in [2.45, 2.75) is 27.0 Å². The van der Waals surface area contributed by atoms with Crippen LogP contribution < -0.4 is 0 Å². The van der Waals surface area contributed by atoms with Gasteiger partial charge in [-0.15, -0.1) is 0 Å². The molecule has 1 atom stereocenters. The van der Waals surface area contributed by atoms with Gasteiger partial charge in [-0.05, 0) is 32.9 Å². The summed E-state index contributed by atoms with van der Waals surface area (Å²) in [5, 5.41) is 8.62. The summed E-state index contributed by atoms with van der Waals surface area (Å²) in [5.74, 6) is 0. The number of hydrogen-bond donors (Lipinski definition) is 1. The van der Waals surface area contributed by atoms with Crippen LogP contribution in [0.4, 0.5) is 0 Å². The van der Waals surface area contributed by atoms with Gasteiger partial charge in [-0.25, -0.2) is 0 Å². The second-order valence-electron chi connectivity index (χ2n) is 3.18. The number of aliphatic hydroxyl groups is 1. The highest BCUT2D eigenvalue weighted by Gasteiger charge is 2.08. The third-order valence-corrected chi connectivity index (χ3v) is 2.14. The lowest BCUT2D eigenvalue weighted by molar-refractivity contribution is -0.00468. The van der Waals surface area contributed by atoms with Gasteiger partial charge in [0.2, 0.25) is 0 Å². The number of nitrogens with zero attached hydrogens (tertiary/aromatic N) is 1. The standard InChI is InChI=1S/C10H17NO2/c1-8-4-5-9(2)11(8)10(3)13-7-6-12/h4-5,10,12H,6-7H2,1-3H3. The predicted molar refractivity (Wildman–Crippen MR) is 51.7 cm³/mol. The summed E-state index contributed by atoms with van der Waals surface area (Å²) in [6.07, 6.45) is 0.00199. The van der Waals surface area contributed by atoms with E-state index in [-0.39, 0.29) is 12.8 Å². The molecule has 0 spiro atoms. The van der Waals surface area contributed by atoms with Crippen LogP contribution in [0.1, 0.15) is 24.5 Å². The molecule has 0 fully saturated rings. The van der Waals surface area contributed by atoms with Gasteiger partial charge in [-0.1, -0.05) is 0 Å². The molecular formula is C10H17NO2. The van der Waals surface area contributed by atoms with Gasteiger partial charge >= 0.3 is 0 Å². The van der Waals surface area contributed by atoms with E-state index in [2.05, 4.69) is 16.7 Å². The first-order valence-electron chi connectivity index (χ1n) is 4.53. The first-order valence-corrected chi connectivity index (χ1v) is 4.53. The van der Waals surface area contributed by atoms with E-state index >= 15 is 0 Å². The van der Waals surface area contributed by atoms with Gasteiger partial charge in [0.05, 0.1) is 13.2 Å². The Labute approximate surface area is 78.9 Å². The van der Waals surface area contributed by atoms with Crippen molar-refractivity contribution in [3.63, 3.8) is 0 Å². The fourth-order valence-electron chi connectivity index (χ4n) is 1.55. The summed E-state index contributed by atoms with van der Waals surface area (Å²) in [6.45, 7) is 6.54. The Morgan fingerprint density at radius 3 is 2.38 bits per heavy atom. The smallest absolute Gasteiger partial charge is 0.131 e. The van der Waals surface area contributed by atoms with Gasteiger partial charge in [0.25, 0.3) is 0 Å². The number of hydrogen-bond acceptors (Lipinski definition) is 2. The zero-order chi connectivity index (χ0) is 9.84. The number of aryl methyl sites for hydroxylation is 2. The summed E-state index contributed by atoms with van der Waals surface area (Å²) >= 11 is 0. The van der Waals surface area contributed by atoms with Crippen LogP contribution >= 0.6 is 0 Å². The number of aromatic nitrogens is 1. The van der Waals surface area contributed by atoms with E-state index < -0.39 is 0 Å². The molecule has 1 unspecified atom stereocenters. The van der Waals surface area contributed by atoms with Crippen LogP contribution in [-0.4, -0.2) is 22.9 Å². The Bertz CT molecular complexity index is 248. The Balaban J connectivity index is 2.69. The largest absolute Gasteiger partial charge is 0.394 e. The van der Waals surface area contributed by atoms with Crippen LogP contribution in [0.25, 0.3) is 0 Å². The molecule has 13 heavy (non-hydrogen) atoms. The molecule has 1 aromatic rings. The van der Waals surface area contributed by atoms with E-state index in [4.69, 9.17) is 9.84 Å². The summed E-state index contributed by atoms with van der Waals surface area (Å²) < 4.78 is 7.52. The van der Waals surface area contributed by atoms with Crippen molar-refractivity contribution in [3.8, 4) is 0 Å². The minimum Gasteiger partial charge on any atom is -0.394 e. The summed E-state index contributed by atoms with van der Waals surface area (Å²) in [7, 11) is 0. The third-order valence-electron chi connectivity index (χ3n) is 2.14. The first-order chi connectivity index (χ1) is 6.16. The lowest BCUT2D eigenvalue weighted by Gasteiger charge is -2.18. The van der Waals surface area contributed by atoms with Crippen molar-refractivity contribution in [1.29, 1.82) is 0 Å². The van der Waals surface area contributed by atoms with Gasteiger partial charge < -0.3 is 14.4 Å². The Kier molecular flexibility index (Phi) is 3.51. The number of ether oxygens (including phenoxy) is 1. The molecule has 0 bridgehead atoms. The molecule has 0 radical (unpaired) electrons. The topological polar surface area (TPSA) is 34.4 Å². The SMILES string of the molecule is Cc1ccc(C)n1C(C)OCCO. The summed E-state index contributed by atoms with van der Waals surface area (Å²) in [6, 6.07) is 4.13. The maximum atomic E-state index is 8.62. The molecule has 3 heteroatoms. The molecule has 0 aliphatic rings. The van der Waals surface area contributed by atoms with Crippen molar-refractivity contribution in [3.05, 3.63) is 23.5 Å². The lowest BCUT2D eigenvalue weighted by Crippen LogP contribution is -2.14.